The van der Waals surface area contributed by atoms with Crippen LogP contribution in [0, 0.1) is 6.92 Å². The van der Waals surface area contributed by atoms with Gasteiger partial charge in [-0.2, -0.15) is 5.10 Å². The number of nitrogens with zero attached hydrogens (tertiary/aromatic N) is 5. The molecule has 25 heavy (non-hydrogen) atoms. The molecule has 0 saturated heterocycles. The maximum Gasteiger partial charge on any atom is 0.332 e. The van der Waals surface area contributed by atoms with Crippen LogP contribution in [-0.2, 0) is 27.7 Å². The topological polar surface area (TPSA) is 104 Å². The molecule has 3 heterocycles. The summed E-state index contributed by atoms with van der Waals surface area (Å²) in [6, 6.07) is 1.45. The zero-order valence-corrected chi connectivity index (χ0v) is 14.4. The molecule has 0 aliphatic rings. The van der Waals surface area contributed by atoms with Crippen LogP contribution in [-0.4, -0.2) is 29.8 Å². The van der Waals surface area contributed by atoms with Gasteiger partial charge in [0.15, 0.2) is 0 Å². The monoisotopic (exact) mass is 342 g/mol. The summed E-state index contributed by atoms with van der Waals surface area (Å²) in [6.07, 6.45) is 3.05. The van der Waals surface area contributed by atoms with Gasteiger partial charge in [-0.1, -0.05) is 0 Å². The quantitative estimate of drug-likeness (QED) is 0.698. The summed E-state index contributed by atoms with van der Waals surface area (Å²) in [6.45, 7) is 2.23. The molecule has 3 rings (SSSR count). The number of pyridine rings is 1. The Bertz CT molecular complexity index is 1110. The van der Waals surface area contributed by atoms with Gasteiger partial charge in [0.2, 0.25) is 0 Å². The van der Waals surface area contributed by atoms with Crippen LogP contribution in [0.3, 0.4) is 0 Å². The van der Waals surface area contributed by atoms with Crippen molar-refractivity contribution in [3.05, 3.63) is 56.1 Å². The number of carbonyl (C=O) groups is 1. The van der Waals surface area contributed by atoms with Crippen LogP contribution in [0.5, 0.6) is 0 Å². The average Bonchev–Trinajstić information content (AvgIpc) is 2.94. The van der Waals surface area contributed by atoms with E-state index in [0.717, 1.165) is 15.8 Å². The molecule has 0 atom stereocenters. The van der Waals surface area contributed by atoms with Crippen LogP contribution < -0.4 is 16.6 Å². The van der Waals surface area contributed by atoms with Gasteiger partial charge in [-0.05, 0) is 13.0 Å². The number of hydrogen-bond donors (Lipinski definition) is 1. The molecular weight excluding hydrogens is 324 g/mol. The van der Waals surface area contributed by atoms with E-state index in [0.29, 0.717) is 6.54 Å². The zero-order chi connectivity index (χ0) is 18.3. The van der Waals surface area contributed by atoms with Crippen molar-refractivity contribution in [2.75, 3.05) is 0 Å². The lowest BCUT2D eigenvalue weighted by atomic mass is 10.2. The maximum atomic E-state index is 12.4. The predicted molar refractivity (Wildman–Crippen MR) is 91.3 cm³/mol. The first kappa shape index (κ1) is 16.6. The second kappa shape index (κ2) is 6.00. The molecule has 1 amide bonds. The van der Waals surface area contributed by atoms with Crippen molar-refractivity contribution in [2.24, 2.45) is 21.1 Å². The van der Waals surface area contributed by atoms with Crippen LogP contribution in [0.1, 0.15) is 21.6 Å². The van der Waals surface area contributed by atoms with Crippen LogP contribution in [0.15, 0.2) is 28.0 Å². The Morgan fingerprint density at radius 1 is 1.16 bits per heavy atom. The summed E-state index contributed by atoms with van der Waals surface area (Å²) >= 11 is 0. The van der Waals surface area contributed by atoms with Gasteiger partial charge in [0.05, 0.1) is 17.1 Å². The highest BCUT2D eigenvalue weighted by Crippen LogP contribution is 2.09. The molecule has 9 heteroatoms. The Kier molecular flexibility index (Phi) is 3.99. The van der Waals surface area contributed by atoms with Gasteiger partial charge in [-0.15, -0.1) is 0 Å². The third-order valence-corrected chi connectivity index (χ3v) is 4.33. The minimum absolute atomic E-state index is 0.217. The second-order valence-corrected chi connectivity index (χ2v) is 5.86. The first-order chi connectivity index (χ1) is 11.8. The summed E-state index contributed by atoms with van der Waals surface area (Å²) < 4.78 is 3.99. The highest BCUT2D eigenvalue weighted by atomic mass is 16.2. The fourth-order valence-corrected chi connectivity index (χ4v) is 2.58. The van der Waals surface area contributed by atoms with E-state index in [1.54, 1.807) is 10.9 Å². The summed E-state index contributed by atoms with van der Waals surface area (Å²) in [5, 5.41) is 7.13. The molecule has 3 aromatic heterocycles. The van der Waals surface area contributed by atoms with Crippen molar-refractivity contribution >= 4 is 16.9 Å². The van der Waals surface area contributed by atoms with Gasteiger partial charge < -0.3 is 5.32 Å². The lowest BCUT2D eigenvalue weighted by molar-refractivity contribution is 0.0950. The molecule has 1 N–H and O–H groups in total. The van der Waals surface area contributed by atoms with Crippen molar-refractivity contribution in [1.29, 1.82) is 0 Å². The van der Waals surface area contributed by atoms with E-state index < -0.39 is 11.2 Å². The minimum atomic E-state index is -0.483. The molecular formula is C16H18N6O3. The van der Waals surface area contributed by atoms with Gasteiger partial charge in [-0.25, -0.2) is 9.78 Å². The molecule has 130 valence electrons. The number of aryl methyl sites for hydroxylation is 2. The van der Waals surface area contributed by atoms with Gasteiger partial charge in [0, 0.05) is 45.1 Å². The largest absolute Gasteiger partial charge is 0.348 e. The highest BCUT2D eigenvalue weighted by Gasteiger charge is 2.14. The Morgan fingerprint density at radius 2 is 1.88 bits per heavy atom. The normalized spacial score (nSPS) is 11.0. The highest BCUT2D eigenvalue weighted by molar-refractivity contribution is 5.96. The molecule has 9 nitrogen and oxygen atoms in total. The lowest BCUT2D eigenvalue weighted by Crippen LogP contribution is -2.37. The Hall–Kier alpha value is -3.23. The number of nitrogens with one attached hydrogen (secondary N) is 1. The predicted octanol–water partition coefficient (Wildman–Crippen LogP) is -0.396. The van der Waals surface area contributed by atoms with Gasteiger partial charge in [0.25, 0.3) is 11.5 Å². The average molecular weight is 342 g/mol. The fraction of sp³-hybridized carbons (Fsp3) is 0.312. The maximum absolute atomic E-state index is 12.4. The first-order valence-electron chi connectivity index (χ1n) is 7.62. The summed E-state index contributed by atoms with van der Waals surface area (Å²) in [7, 11) is 4.75. The second-order valence-electron chi connectivity index (χ2n) is 5.86. The van der Waals surface area contributed by atoms with Crippen LogP contribution in [0.2, 0.25) is 0 Å². The molecule has 0 spiro atoms. The van der Waals surface area contributed by atoms with Crippen LogP contribution in [0.25, 0.3) is 11.0 Å². The van der Waals surface area contributed by atoms with Crippen molar-refractivity contribution in [3.8, 4) is 0 Å². The van der Waals surface area contributed by atoms with Crippen molar-refractivity contribution in [1.82, 2.24) is 29.2 Å². The first-order valence-corrected chi connectivity index (χ1v) is 7.62. The van der Waals surface area contributed by atoms with Crippen molar-refractivity contribution in [2.45, 2.75) is 13.5 Å². The third kappa shape index (κ3) is 2.73. The summed E-state index contributed by atoms with van der Waals surface area (Å²) in [5.74, 6) is -0.353. The molecule has 0 aromatic carbocycles. The minimum Gasteiger partial charge on any atom is -0.348 e. The van der Waals surface area contributed by atoms with Crippen LogP contribution in [0.4, 0.5) is 0 Å². The zero-order valence-electron chi connectivity index (χ0n) is 14.4. The summed E-state index contributed by atoms with van der Waals surface area (Å²) in [4.78, 5) is 40.7. The summed E-state index contributed by atoms with van der Waals surface area (Å²) in [5.41, 5.74) is 1.42. The SMILES string of the molecule is Cc1c(CNC(=O)c2cnc3c(c2)c(=O)n(C)c(=O)n3C)cnn1C. The fourth-order valence-electron chi connectivity index (χ4n) is 2.58. The van der Waals surface area contributed by atoms with E-state index in [1.165, 1.54) is 30.9 Å². The number of carbonyl (C=O) groups excluding carboxylic acids is 1. The molecule has 0 saturated carbocycles. The van der Waals surface area contributed by atoms with E-state index in [-0.39, 0.29) is 22.5 Å². The molecule has 0 unspecified atom stereocenters. The molecule has 0 aliphatic heterocycles. The van der Waals surface area contributed by atoms with Crippen molar-refractivity contribution in [3.63, 3.8) is 0 Å². The van der Waals surface area contributed by atoms with E-state index in [2.05, 4.69) is 15.4 Å². The molecule has 3 aromatic rings. The molecule has 0 bridgehead atoms. The van der Waals surface area contributed by atoms with E-state index in [1.807, 2.05) is 14.0 Å². The van der Waals surface area contributed by atoms with Crippen LogP contribution >= 0.6 is 0 Å². The Balaban J connectivity index is 1.94. The Morgan fingerprint density at radius 3 is 2.52 bits per heavy atom. The van der Waals surface area contributed by atoms with E-state index in [4.69, 9.17) is 0 Å². The van der Waals surface area contributed by atoms with E-state index in [9.17, 15) is 14.4 Å². The number of aromatic nitrogens is 5. The van der Waals surface area contributed by atoms with Gasteiger partial charge >= 0.3 is 5.69 Å². The van der Waals surface area contributed by atoms with Crippen molar-refractivity contribution < 1.29 is 4.79 Å². The number of hydrogen-bond acceptors (Lipinski definition) is 5. The smallest absolute Gasteiger partial charge is 0.332 e. The molecule has 0 aliphatic carbocycles. The number of amides is 1. The molecule has 0 fully saturated rings. The Labute approximate surface area is 142 Å². The van der Waals surface area contributed by atoms with E-state index >= 15 is 0 Å². The number of fused-ring (bicyclic) bond motifs is 1. The number of rotatable bonds is 3. The third-order valence-electron chi connectivity index (χ3n) is 4.33. The lowest BCUT2D eigenvalue weighted by Gasteiger charge is -2.08. The standard InChI is InChI=1S/C16H18N6O3/c1-9-11(8-19-22(9)4)7-18-14(23)10-5-12-13(17-6-10)20(2)16(25)21(3)15(12)24/h5-6,8H,7H2,1-4H3,(H,18,23). The molecule has 0 radical (unpaired) electrons. The van der Waals surface area contributed by atoms with Gasteiger partial charge in [-0.3, -0.25) is 23.4 Å². The van der Waals surface area contributed by atoms with Gasteiger partial charge in [0.1, 0.15) is 5.65 Å².